The highest BCUT2D eigenvalue weighted by molar-refractivity contribution is 8.13. The Hall–Kier alpha value is -0.760. The maximum Gasteiger partial charge on any atom is 0.417 e. The van der Waals surface area contributed by atoms with E-state index in [1.165, 1.54) is 6.92 Å². The van der Waals surface area contributed by atoms with E-state index < -0.39 is 29.0 Å². The van der Waals surface area contributed by atoms with Gasteiger partial charge in [-0.2, -0.15) is 13.2 Å². The summed E-state index contributed by atoms with van der Waals surface area (Å²) >= 11 is 6.33. The van der Waals surface area contributed by atoms with Crippen molar-refractivity contribution < 1.29 is 28.2 Å². The van der Waals surface area contributed by atoms with Crippen LogP contribution in [0.4, 0.5) is 13.2 Å². The Morgan fingerprint density at radius 1 is 1.40 bits per heavy atom. The van der Waals surface area contributed by atoms with Gasteiger partial charge in [0, 0.05) is 12.7 Å². The number of hydrogen-bond acceptors (Lipinski definition) is 4. The smallest absolute Gasteiger partial charge is 0.389 e. The van der Waals surface area contributed by atoms with Crippen LogP contribution in [0.5, 0.6) is 0 Å². The molecular formula is C12H12ClF3O3S. The summed E-state index contributed by atoms with van der Waals surface area (Å²) in [6.07, 6.45) is -7.28. The molecule has 0 heterocycles. The van der Waals surface area contributed by atoms with E-state index in [0.717, 1.165) is 30.0 Å². The van der Waals surface area contributed by atoms with Gasteiger partial charge < -0.3 is 10.2 Å². The molecule has 0 aliphatic rings. The molecule has 0 saturated heterocycles. The molecule has 0 fully saturated rings. The van der Waals surface area contributed by atoms with Crippen molar-refractivity contribution in [1.29, 1.82) is 0 Å². The molecule has 2 atom stereocenters. The SMILES string of the molecule is CC(=O)SCC(O)C(O)c1ccc(C(F)(F)F)c(Cl)c1. The third-order valence-electron chi connectivity index (χ3n) is 2.46. The van der Waals surface area contributed by atoms with Gasteiger partial charge in [-0.1, -0.05) is 29.4 Å². The number of aliphatic hydroxyl groups excluding tert-OH is 2. The average Bonchev–Trinajstić information content (AvgIpc) is 2.33. The largest absolute Gasteiger partial charge is 0.417 e. The average molecular weight is 329 g/mol. The van der Waals surface area contributed by atoms with Gasteiger partial charge in [0.25, 0.3) is 0 Å². The number of carbonyl (C=O) groups is 1. The molecule has 0 spiro atoms. The quantitative estimate of drug-likeness (QED) is 0.892. The van der Waals surface area contributed by atoms with E-state index >= 15 is 0 Å². The molecule has 0 aromatic heterocycles. The molecule has 8 heteroatoms. The summed E-state index contributed by atoms with van der Waals surface area (Å²) < 4.78 is 37.5. The van der Waals surface area contributed by atoms with Crippen LogP contribution in [-0.2, 0) is 11.0 Å². The molecule has 20 heavy (non-hydrogen) atoms. The van der Waals surface area contributed by atoms with Gasteiger partial charge in [0.2, 0.25) is 0 Å². The minimum absolute atomic E-state index is 0.0552. The number of hydrogen-bond donors (Lipinski definition) is 2. The van der Waals surface area contributed by atoms with Crippen LogP contribution in [-0.4, -0.2) is 27.2 Å². The maximum absolute atomic E-state index is 12.5. The van der Waals surface area contributed by atoms with Gasteiger partial charge in [-0.05, 0) is 17.7 Å². The van der Waals surface area contributed by atoms with Crippen molar-refractivity contribution >= 4 is 28.5 Å². The van der Waals surface area contributed by atoms with E-state index in [-0.39, 0.29) is 16.4 Å². The fourth-order valence-electron chi connectivity index (χ4n) is 1.46. The van der Waals surface area contributed by atoms with Crippen LogP contribution in [0, 0.1) is 0 Å². The summed E-state index contributed by atoms with van der Waals surface area (Å²) in [7, 11) is 0. The Balaban J connectivity index is 2.87. The summed E-state index contributed by atoms with van der Waals surface area (Å²) in [5, 5.41) is 18.7. The van der Waals surface area contributed by atoms with Gasteiger partial charge in [0.15, 0.2) is 5.12 Å². The summed E-state index contributed by atoms with van der Waals surface area (Å²) in [4.78, 5) is 10.7. The molecule has 0 aliphatic heterocycles. The third kappa shape index (κ3) is 4.66. The maximum atomic E-state index is 12.5. The Kier molecular flexibility index (Phi) is 5.88. The predicted octanol–water partition coefficient (Wildman–Crippen LogP) is 3.03. The first-order valence-electron chi connectivity index (χ1n) is 5.49. The topological polar surface area (TPSA) is 57.5 Å². The first-order chi connectivity index (χ1) is 9.12. The van der Waals surface area contributed by atoms with Crippen LogP contribution in [0.1, 0.15) is 24.2 Å². The van der Waals surface area contributed by atoms with Crippen molar-refractivity contribution in [2.24, 2.45) is 0 Å². The van der Waals surface area contributed by atoms with Crippen LogP contribution < -0.4 is 0 Å². The molecule has 1 rings (SSSR count). The van der Waals surface area contributed by atoms with Crippen molar-refractivity contribution in [3.05, 3.63) is 34.3 Å². The molecular weight excluding hydrogens is 317 g/mol. The summed E-state index contributed by atoms with van der Waals surface area (Å²) in [6, 6.07) is 2.74. The van der Waals surface area contributed by atoms with Crippen molar-refractivity contribution in [2.45, 2.75) is 25.3 Å². The lowest BCUT2D eigenvalue weighted by Crippen LogP contribution is -2.21. The van der Waals surface area contributed by atoms with Gasteiger partial charge in [0.05, 0.1) is 16.7 Å². The highest BCUT2D eigenvalue weighted by Crippen LogP contribution is 2.36. The highest BCUT2D eigenvalue weighted by Gasteiger charge is 2.33. The first kappa shape index (κ1) is 17.3. The molecule has 2 unspecified atom stereocenters. The lowest BCUT2D eigenvalue weighted by atomic mass is 10.0. The number of alkyl halides is 3. The number of thioether (sulfide) groups is 1. The van der Waals surface area contributed by atoms with E-state index in [2.05, 4.69) is 0 Å². The number of aliphatic hydroxyl groups is 2. The minimum Gasteiger partial charge on any atom is -0.389 e. The number of rotatable bonds is 4. The molecule has 2 N–H and O–H groups in total. The highest BCUT2D eigenvalue weighted by atomic mass is 35.5. The zero-order valence-electron chi connectivity index (χ0n) is 10.3. The van der Waals surface area contributed by atoms with E-state index in [9.17, 15) is 28.2 Å². The van der Waals surface area contributed by atoms with Crippen LogP contribution in [0.2, 0.25) is 5.02 Å². The van der Waals surface area contributed by atoms with E-state index in [1.54, 1.807) is 0 Å². The Labute approximate surface area is 122 Å². The second-order valence-corrected chi connectivity index (χ2v) is 5.66. The number of benzene rings is 1. The predicted molar refractivity (Wildman–Crippen MR) is 70.6 cm³/mol. The molecule has 112 valence electrons. The van der Waals surface area contributed by atoms with Crippen molar-refractivity contribution in [2.75, 3.05) is 5.75 Å². The standard InChI is InChI=1S/C12H12ClF3O3S/c1-6(17)20-5-10(18)11(19)7-2-3-8(9(13)4-7)12(14,15)16/h2-4,10-11,18-19H,5H2,1H3. The van der Waals surface area contributed by atoms with Gasteiger partial charge in [0.1, 0.15) is 6.10 Å². The third-order valence-corrected chi connectivity index (χ3v) is 3.69. The summed E-state index contributed by atoms with van der Waals surface area (Å²) in [5.41, 5.74) is -0.956. The molecule has 0 amide bonds. The summed E-state index contributed by atoms with van der Waals surface area (Å²) in [6.45, 7) is 1.30. The summed E-state index contributed by atoms with van der Waals surface area (Å²) in [5.74, 6) is -0.0604. The fraction of sp³-hybridized carbons (Fsp3) is 0.417. The van der Waals surface area contributed by atoms with Gasteiger partial charge in [-0.15, -0.1) is 0 Å². The number of carbonyl (C=O) groups excluding carboxylic acids is 1. The molecule has 0 bridgehead atoms. The Morgan fingerprint density at radius 2 is 2.00 bits per heavy atom. The minimum atomic E-state index is -4.58. The Morgan fingerprint density at radius 3 is 2.45 bits per heavy atom. The van der Waals surface area contributed by atoms with Gasteiger partial charge in [-0.3, -0.25) is 4.79 Å². The van der Waals surface area contributed by atoms with E-state index in [0.29, 0.717) is 0 Å². The normalized spacial score (nSPS) is 14.9. The van der Waals surface area contributed by atoms with Crippen molar-refractivity contribution in [1.82, 2.24) is 0 Å². The van der Waals surface area contributed by atoms with Crippen molar-refractivity contribution in [3.8, 4) is 0 Å². The molecule has 3 nitrogen and oxygen atoms in total. The van der Waals surface area contributed by atoms with Crippen molar-refractivity contribution in [3.63, 3.8) is 0 Å². The van der Waals surface area contributed by atoms with Crippen LogP contribution in [0.15, 0.2) is 18.2 Å². The lowest BCUT2D eigenvalue weighted by Gasteiger charge is -2.18. The lowest BCUT2D eigenvalue weighted by molar-refractivity contribution is -0.137. The molecule has 1 aromatic rings. The molecule has 0 saturated carbocycles. The second kappa shape index (κ2) is 6.80. The van der Waals surface area contributed by atoms with Crippen LogP contribution in [0.25, 0.3) is 0 Å². The number of halogens is 4. The van der Waals surface area contributed by atoms with E-state index in [1.807, 2.05) is 0 Å². The molecule has 1 aromatic carbocycles. The zero-order chi connectivity index (χ0) is 15.5. The van der Waals surface area contributed by atoms with Crippen LogP contribution in [0.3, 0.4) is 0 Å². The molecule has 0 aliphatic carbocycles. The monoisotopic (exact) mass is 328 g/mol. The van der Waals surface area contributed by atoms with Gasteiger partial charge >= 0.3 is 6.18 Å². The Bertz CT molecular complexity index is 493. The molecule has 0 radical (unpaired) electrons. The van der Waals surface area contributed by atoms with E-state index in [4.69, 9.17) is 11.6 Å². The van der Waals surface area contributed by atoms with Crippen LogP contribution >= 0.6 is 23.4 Å². The fourth-order valence-corrected chi connectivity index (χ4v) is 2.35. The first-order valence-corrected chi connectivity index (χ1v) is 6.85. The second-order valence-electron chi connectivity index (χ2n) is 4.05. The van der Waals surface area contributed by atoms with Gasteiger partial charge in [-0.25, -0.2) is 0 Å². The zero-order valence-corrected chi connectivity index (χ0v) is 11.9.